The number of fused-ring (bicyclic) bond motifs is 1. The molecule has 0 bridgehead atoms. The van der Waals surface area contributed by atoms with Gasteiger partial charge in [-0.15, -0.1) is 0 Å². The number of esters is 1. The van der Waals surface area contributed by atoms with E-state index in [0.29, 0.717) is 38.5 Å². The highest BCUT2D eigenvalue weighted by molar-refractivity contribution is 7.07. The standard InChI is InChI=1S/C30H25N3O6S/c1-3-38-24-15-11-22(12-16-24)27-26(29(35)39-18-21-7-5-4-6-8-21)19(2)31-30-32(27)28(34)25(40-30)17-20-9-13-23(14-10-20)33(36)37/h4-17,27H,3,18H2,1-2H3/b25-17-. The molecule has 0 spiro atoms. The molecule has 0 fully saturated rings. The molecule has 5 rings (SSSR count). The number of nitro groups is 1. The summed E-state index contributed by atoms with van der Waals surface area (Å²) in [5.41, 5.74) is 2.53. The number of allylic oxidation sites excluding steroid dienone is 1. The minimum atomic E-state index is -0.769. The molecule has 1 aliphatic rings. The lowest BCUT2D eigenvalue weighted by Gasteiger charge is -2.25. The summed E-state index contributed by atoms with van der Waals surface area (Å²) in [6.07, 6.45) is 1.66. The molecule has 2 heterocycles. The van der Waals surface area contributed by atoms with E-state index in [1.54, 1.807) is 37.3 Å². The van der Waals surface area contributed by atoms with Gasteiger partial charge in [0.05, 0.1) is 33.4 Å². The Balaban J connectivity index is 1.59. The van der Waals surface area contributed by atoms with Crippen molar-refractivity contribution in [1.29, 1.82) is 0 Å². The topological polar surface area (TPSA) is 113 Å². The SMILES string of the molecule is CCOc1ccc(C2C(C(=O)OCc3ccccc3)=C(C)N=c3s/c(=C\c4ccc([N+](=O)[O-])cc4)c(=O)n32)cc1. The number of nitrogens with zero attached hydrogens (tertiary/aromatic N) is 3. The van der Waals surface area contributed by atoms with Gasteiger partial charge in [-0.1, -0.05) is 53.8 Å². The monoisotopic (exact) mass is 555 g/mol. The van der Waals surface area contributed by atoms with E-state index in [0.717, 1.165) is 5.56 Å². The largest absolute Gasteiger partial charge is 0.494 e. The molecule has 40 heavy (non-hydrogen) atoms. The molecular weight excluding hydrogens is 530 g/mol. The van der Waals surface area contributed by atoms with Gasteiger partial charge in [-0.05, 0) is 60.9 Å². The zero-order valence-corrected chi connectivity index (χ0v) is 22.6. The van der Waals surface area contributed by atoms with Crippen LogP contribution in [0.1, 0.15) is 36.6 Å². The Hall–Kier alpha value is -4.83. The van der Waals surface area contributed by atoms with Gasteiger partial charge in [-0.2, -0.15) is 0 Å². The van der Waals surface area contributed by atoms with Crippen molar-refractivity contribution in [3.63, 3.8) is 0 Å². The molecule has 0 aliphatic carbocycles. The van der Waals surface area contributed by atoms with Crippen LogP contribution in [0.5, 0.6) is 5.75 Å². The highest BCUT2D eigenvalue weighted by atomic mass is 32.1. The van der Waals surface area contributed by atoms with Crippen LogP contribution < -0.4 is 19.6 Å². The van der Waals surface area contributed by atoms with Crippen LogP contribution >= 0.6 is 11.3 Å². The normalized spacial score (nSPS) is 14.8. The van der Waals surface area contributed by atoms with E-state index in [-0.39, 0.29) is 23.4 Å². The number of non-ortho nitro benzene ring substituents is 1. The van der Waals surface area contributed by atoms with Gasteiger partial charge >= 0.3 is 5.97 Å². The van der Waals surface area contributed by atoms with E-state index >= 15 is 0 Å². The lowest BCUT2D eigenvalue weighted by molar-refractivity contribution is -0.384. The number of carbonyl (C=O) groups excluding carboxylic acids is 1. The first kappa shape index (κ1) is 26.8. The zero-order chi connectivity index (χ0) is 28.2. The van der Waals surface area contributed by atoms with E-state index < -0.39 is 16.9 Å². The van der Waals surface area contributed by atoms with Gasteiger partial charge < -0.3 is 9.47 Å². The molecule has 10 heteroatoms. The average Bonchev–Trinajstić information content (AvgIpc) is 3.26. The first-order valence-corrected chi connectivity index (χ1v) is 13.4. The Labute approximate surface area is 233 Å². The Morgan fingerprint density at radius 3 is 2.42 bits per heavy atom. The van der Waals surface area contributed by atoms with Gasteiger partial charge in [-0.25, -0.2) is 9.79 Å². The molecule has 3 aromatic carbocycles. The number of rotatable bonds is 8. The van der Waals surface area contributed by atoms with Crippen molar-refractivity contribution >= 4 is 29.1 Å². The fraction of sp³-hybridized carbons (Fsp3) is 0.167. The van der Waals surface area contributed by atoms with E-state index in [4.69, 9.17) is 9.47 Å². The summed E-state index contributed by atoms with van der Waals surface area (Å²) in [6, 6.07) is 21.8. The summed E-state index contributed by atoms with van der Waals surface area (Å²) in [7, 11) is 0. The van der Waals surface area contributed by atoms with Gasteiger partial charge in [0.2, 0.25) is 0 Å². The lowest BCUT2D eigenvalue weighted by Crippen LogP contribution is -2.39. The maximum absolute atomic E-state index is 13.8. The van der Waals surface area contributed by atoms with Gasteiger partial charge in [-0.3, -0.25) is 19.5 Å². The summed E-state index contributed by atoms with van der Waals surface area (Å²) < 4.78 is 13.2. The van der Waals surface area contributed by atoms with Crippen molar-refractivity contribution in [3.05, 3.63) is 137 Å². The summed E-state index contributed by atoms with van der Waals surface area (Å²) in [4.78, 5) is 42.9. The third kappa shape index (κ3) is 5.48. The summed E-state index contributed by atoms with van der Waals surface area (Å²) in [6.45, 7) is 4.21. The molecule has 4 aromatic rings. The third-order valence-corrected chi connectivity index (χ3v) is 7.35. The molecule has 0 amide bonds. The molecule has 0 saturated carbocycles. The molecule has 1 aliphatic heterocycles. The number of hydrogen-bond acceptors (Lipinski definition) is 8. The smallest absolute Gasteiger partial charge is 0.338 e. The van der Waals surface area contributed by atoms with Crippen LogP contribution in [0, 0.1) is 10.1 Å². The van der Waals surface area contributed by atoms with Crippen molar-refractivity contribution in [2.75, 3.05) is 6.61 Å². The third-order valence-electron chi connectivity index (χ3n) is 6.36. The molecular formula is C30H25N3O6S. The molecule has 9 nitrogen and oxygen atoms in total. The highest BCUT2D eigenvalue weighted by Gasteiger charge is 2.33. The number of benzene rings is 3. The van der Waals surface area contributed by atoms with E-state index in [1.807, 2.05) is 49.4 Å². The predicted molar refractivity (Wildman–Crippen MR) is 151 cm³/mol. The van der Waals surface area contributed by atoms with Gasteiger partial charge in [0.1, 0.15) is 12.4 Å². The molecule has 0 N–H and O–H groups in total. The molecule has 1 aromatic heterocycles. The maximum Gasteiger partial charge on any atom is 0.338 e. The van der Waals surface area contributed by atoms with Crippen molar-refractivity contribution < 1.29 is 19.2 Å². The Kier molecular flexibility index (Phi) is 7.70. The Morgan fingerprint density at radius 1 is 1.07 bits per heavy atom. The molecule has 0 saturated heterocycles. The van der Waals surface area contributed by atoms with Crippen LogP contribution in [-0.4, -0.2) is 22.1 Å². The predicted octanol–water partition coefficient (Wildman–Crippen LogP) is 4.29. The number of ether oxygens (including phenoxy) is 2. The van der Waals surface area contributed by atoms with E-state index in [2.05, 4.69) is 4.99 Å². The summed E-state index contributed by atoms with van der Waals surface area (Å²) in [5, 5.41) is 11.0. The molecule has 0 radical (unpaired) electrons. The number of nitro benzene ring substituents is 1. The Morgan fingerprint density at radius 2 is 1.77 bits per heavy atom. The van der Waals surface area contributed by atoms with Crippen LogP contribution in [0.25, 0.3) is 6.08 Å². The maximum atomic E-state index is 13.8. The van der Waals surface area contributed by atoms with E-state index in [9.17, 15) is 19.7 Å². The lowest BCUT2D eigenvalue weighted by atomic mass is 9.96. The van der Waals surface area contributed by atoms with Gasteiger partial charge in [0.15, 0.2) is 4.80 Å². The van der Waals surface area contributed by atoms with Gasteiger partial charge in [0.25, 0.3) is 11.2 Å². The first-order chi connectivity index (χ1) is 19.4. The quantitative estimate of drug-likeness (QED) is 0.182. The van der Waals surface area contributed by atoms with Crippen molar-refractivity contribution in [2.24, 2.45) is 4.99 Å². The second-order valence-corrected chi connectivity index (χ2v) is 10.0. The van der Waals surface area contributed by atoms with Crippen LogP contribution in [0.4, 0.5) is 5.69 Å². The minimum Gasteiger partial charge on any atom is -0.494 e. The van der Waals surface area contributed by atoms with Crippen molar-refractivity contribution in [2.45, 2.75) is 26.5 Å². The average molecular weight is 556 g/mol. The minimum absolute atomic E-state index is 0.0385. The summed E-state index contributed by atoms with van der Waals surface area (Å²) in [5.74, 6) is 0.111. The zero-order valence-electron chi connectivity index (χ0n) is 21.8. The number of aromatic nitrogens is 1. The fourth-order valence-corrected chi connectivity index (χ4v) is 5.50. The van der Waals surface area contributed by atoms with Crippen molar-refractivity contribution in [3.8, 4) is 5.75 Å². The Bertz CT molecular complexity index is 1770. The number of hydrogen-bond donors (Lipinski definition) is 0. The van der Waals surface area contributed by atoms with Crippen LogP contribution in [0.2, 0.25) is 0 Å². The number of carbonyl (C=O) groups is 1. The van der Waals surface area contributed by atoms with Crippen LogP contribution in [0.3, 0.4) is 0 Å². The fourth-order valence-electron chi connectivity index (χ4n) is 4.46. The van der Waals surface area contributed by atoms with Crippen LogP contribution in [-0.2, 0) is 16.1 Å². The second kappa shape index (κ2) is 11.5. The van der Waals surface area contributed by atoms with Crippen molar-refractivity contribution in [1.82, 2.24) is 4.57 Å². The number of thiazole rings is 1. The first-order valence-electron chi connectivity index (χ1n) is 12.6. The molecule has 202 valence electrons. The molecule has 1 atom stereocenters. The summed E-state index contributed by atoms with van der Waals surface area (Å²) >= 11 is 1.19. The second-order valence-electron chi connectivity index (χ2n) is 8.99. The van der Waals surface area contributed by atoms with Crippen LogP contribution in [0.15, 0.2) is 99.9 Å². The van der Waals surface area contributed by atoms with E-state index in [1.165, 1.54) is 28.0 Å². The van der Waals surface area contributed by atoms with Gasteiger partial charge in [0, 0.05) is 12.1 Å². The highest BCUT2D eigenvalue weighted by Crippen LogP contribution is 2.32. The molecule has 1 unspecified atom stereocenters.